The molecule has 0 spiro atoms. The molecule has 39 heavy (non-hydrogen) atoms. The van der Waals surface area contributed by atoms with Gasteiger partial charge in [0.05, 0.1) is 36.9 Å². The van der Waals surface area contributed by atoms with Crippen molar-refractivity contribution in [3.8, 4) is 0 Å². The second-order valence-electron chi connectivity index (χ2n) is 10.7. The minimum absolute atomic E-state index is 0.00304. The van der Waals surface area contributed by atoms with E-state index < -0.39 is 28.3 Å². The number of hydrogen-bond acceptors (Lipinski definition) is 8. The number of hydrogen-bond donors (Lipinski definition) is 3. The second-order valence-corrected chi connectivity index (χ2v) is 12.6. The van der Waals surface area contributed by atoms with E-state index in [9.17, 15) is 18.3 Å². The number of fused-ring (bicyclic) bond motifs is 1. The third-order valence-electron chi connectivity index (χ3n) is 7.13. The number of sulfonamides is 1. The highest BCUT2D eigenvalue weighted by Crippen LogP contribution is 2.35. The van der Waals surface area contributed by atoms with Crippen LogP contribution in [0.5, 0.6) is 0 Å². The molecule has 2 aromatic carbocycles. The fourth-order valence-electron chi connectivity index (χ4n) is 5.05. The van der Waals surface area contributed by atoms with E-state index in [1.165, 1.54) is 28.6 Å². The highest BCUT2D eigenvalue weighted by Gasteiger charge is 2.42. The lowest BCUT2D eigenvalue weighted by Gasteiger charge is -2.30. The topological polar surface area (TPSA) is 140 Å². The maximum atomic E-state index is 13.5. The lowest BCUT2D eigenvalue weighted by atomic mass is 9.94. The highest BCUT2D eigenvalue weighted by molar-refractivity contribution is 7.89. The lowest BCUT2D eigenvalue weighted by Crippen LogP contribution is -2.51. The Hall–Kier alpha value is -2.70. The van der Waals surface area contributed by atoms with Gasteiger partial charge in [0.25, 0.3) is 0 Å². The molecule has 10 nitrogen and oxygen atoms in total. The van der Waals surface area contributed by atoms with E-state index in [2.05, 4.69) is 5.32 Å². The van der Waals surface area contributed by atoms with Crippen LogP contribution in [0.3, 0.4) is 0 Å². The molecule has 2 aliphatic rings. The first-order valence-electron chi connectivity index (χ1n) is 13.4. The summed E-state index contributed by atoms with van der Waals surface area (Å²) in [4.78, 5) is 12.9. The van der Waals surface area contributed by atoms with Crippen molar-refractivity contribution in [2.45, 2.75) is 50.0 Å². The van der Waals surface area contributed by atoms with Crippen LogP contribution in [-0.4, -0.2) is 75.3 Å². The number of rotatable bonds is 12. The van der Waals surface area contributed by atoms with Gasteiger partial charge in [0, 0.05) is 30.6 Å². The zero-order valence-electron chi connectivity index (χ0n) is 22.4. The molecule has 4 rings (SSSR count). The van der Waals surface area contributed by atoms with E-state index in [1.807, 2.05) is 44.2 Å². The van der Waals surface area contributed by atoms with E-state index in [0.29, 0.717) is 25.3 Å². The molecular weight excluding hydrogens is 522 g/mol. The molecule has 2 saturated heterocycles. The molecule has 2 aliphatic heterocycles. The number of nitrogens with two attached hydrogens (primary N) is 1. The van der Waals surface area contributed by atoms with Crippen LogP contribution < -0.4 is 11.1 Å². The predicted molar refractivity (Wildman–Crippen MR) is 146 cm³/mol. The Morgan fingerprint density at radius 3 is 2.54 bits per heavy atom. The smallest absolute Gasteiger partial charge is 0.407 e. The fourth-order valence-corrected chi connectivity index (χ4v) is 6.67. The van der Waals surface area contributed by atoms with Crippen molar-refractivity contribution in [3.63, 3.8) is 0 Å². The minimum atomic E-state index is -3.92. The zero-order valence-corrected chi connectivity index (χ0v) is 23.3. The standard InChI is InChI=1S/C28H39N3O7S/c1-19(2)15-31(39(34,35)23-10-8-22(29)9-11-23)16-26(32)25(14-20-6-4-3-5-7-20)30-28(33)38-18-21-17-37-27-24(21)12-13-36-27/h3-11,19,21,24-27,32H,12-18,29H2,1-2H3,(H,30,33)/t21-,24+,25+,26-,27-/m1/s1. The summed E-state index contributed by atoms with van der Waals surface area (Å²) in [5, 5.41) is 14.1. The van der Waals surface area contributed by atoms with Crippen molar-refractivity contribution in [1.82, 2.24) is 9.62 Å². The molecule has 2 fully saturated rings. The number of nitrogen functional groups attached to an aromatic ring is 1. The van der Waals surface area contributed by atoms with Gasteiger partial charge in [0.2, 0.25) is 10.0 Å². The Labute approximate surface area is 230 Å². The molecular formula is C28H39N3O7S. The number of nitrogens with zero attached hydrogens (tertiary/aromatic N) is 1. The predicted octanol–water partition coefficient (Wildman–Crippen LogP) is 2.62. The molecule has 0 aliphatic carbocycles. The molecule has 0 saturated carbocycles. The van der Waals surface area contributed by atoms with Crippen LogP contribution in [0.1, 0.15) is 25.8 Å². The summed E-state index contributed by atoms with van der Waals surface area (Å²) in [7, 11) is -3.92. The number of alkyl carbamates (subject to hydrolysis) is 1. The summed E-state index contributed by atoms with van der Waals surface area (Å²) in [5.74, 6) is 0.252. The Morgan fingerprint density at radius 2 is 1.85 bits per heavy atom. The third-order valence-corrected chi connectivity index (χ3v) is 8.98. The summed E-state index contributed by atoms with van der Waals surface area (Å²) >= 11 is 0. The molecule has 2 aromatic rings. The molecule has 0 aromatic heterocycles. The molecule has 5 atom stereocenters. The summed E-state index contributed by atoms with van der Waals surface area (Å²) < 4.78 is 44.9. The largest absolute Gasteiger partial charge is 0.449 e. The van der Waals surface area contributed by atoms with Gasteiger partial charge in [-0.25, -0.2) is 13.2 Å². The van der Waals surface area contributed by atoms with Crippen molar-refractivity contribution < 1.29 is 32.5 Å². The summed E-state index contributed by atoms with van der Waals surface area (Å²) in [6.07, 6.45) is -0.954. The number of ether oxygens (including phenoxy) is 3. The van der Waals surface area contributed by atoms with Gasteiger partial charge < -0.3 is 30.4 Å². The molecule has 0 unspecified atom stereocenters. The van der Waals surface area contributed by atoms with Crippen LogP contribution in [0.2, 0.25) is 0 Å². The highest BCUT2D eigenvalue weighted by atomic mass is 32.2. The fraction of sp³-hybridized carbons (Fsp3) is 0.536. The number of nitrogens with one attached hydrogen (secondary N) is 1. The van der Waals surface area contributed by atoms with Gasteiger partial charge in [-0.15, -0.1) is 0 Å². The van der Waals surface area contributed by atoms with Crippen LogP contribution in [0.4, 0.5) is 10.5 Å². The van der Waals surface area contributed by atoms with Crippen LogP contribution in [0.25, 0.3) is 0 Å². The first-order chi connectivity index (χ1) is 18.6. The summed E-state index contributed by atoms with van der Waals surface area (Å²) in [6.45, 7) is 5.07. The molecule has 1 amide bonds. The summed E-state index contributed by atoms with van der Waals surface area (Å²) in [5.41, 5.74) is 7.08. The minimum Gasteiger partial charge on any atom is -0.449 e. The Morgan fingerprint density at radius 1 is 1.13 bits per heavy atom. The van der Waals surface area contributed by atoms with Crippen LogP contribution in [-0.2, 0) is 30.7 Å². The number of amides is 1. The van der Waals surface area contributed by atoms with Gasteiger partial charge in [0.15, 0.2) is 6.29 Å². The van der Waals surface area contributed by atoms with Crippen molar-refractivity contribution >= 4 is 21.8 Å². The third kappa shape index (κ3) is 7.70. The zero-order chi connectivity index (χ0) is 28.0. The first kappa shape index (κ1) is 29.3. The van der Waals surface area contributed by atoms with Gasteiger partial charge in [0.1, 0.15) is 0 Å². The van der Waals surface area contributed by atoms with E-state index in [0.717, 1.165) is 12.0 Å². The van der Waals surface area contributed by atoms with Crippen molar-refractivity contribution in [1.29, 1.82) is 0 Å². The van der Waals surface area contributed by atoms with Gasteiger partial charge in [-0.1, -0.05) is 44.2 Å². The monoisotopic (exact) mass is 561 g/mol. The van der Waals surface area contributed by atoms with Crippen molar-refractivity contribution in [3.05, 3.63) is 60.2 Å². The Kier molecular flexibility index (Phi) is 9.84. The van der Waals surface area contributed by atoms with E-state index in [-0.39, 0.29) is 48.6 Å². The van der Waals surface area contributed by atoms with Gasteiger partial charge in [-0.05, 0) is 48.6 Å². The van der Waals surface area contributed by atoms with Crippen LogP contribution >= 0.6 is 0 Å². The normalized spacial score (nSPS) is 22.5. The number of aliphatic hydroxyl groups is 1. The maximum absolute atomic E-state index is 13.5. The van der Waals surface area contributed by atoms with E-state index >= 15 is 0 Å². The first-order valence-corrected chi connectivity index (χ1v) is 14.8. The van der Waals surface area contributed by atoms with Crippen molar-refractivity contribution in [2.24, 2.45) is 17.8 Å². The average molecular weight is 562 g/mol. The molecule has 4 N–H and O–H groups in total. The number of benzene rings is 2. The summed E-state index contributed by atoms with van der Waals surface area (Å²) in [6, 6.07) is 14.6. The molecule has 2 heterocycles. The molecule has 0 radical (unpaired) electrons. The quantitative estimate of drug-likeness (QED) is 0.336. The van der Waals surface area contributed by atoms with E-state index in [4.69, 9.17) is 19.9 Å². The molecule has 214 valence electrons. The number of carbonyl (C=O) groups excluding carboxylic acids is 1. The Bertz CT molecular complexity index is 1180. The number of anilines is 1. The van der Waals surface area contributed by atoms with Gasteiger partial charge in [-0.2, -0.15) is 4.31 Å². The van der Waals surface area contributed by atoms with Crippen LogP contribution in [0, 0.1) is 17.8 Å². The maximum Gasteiger partial charge on any atom is 0.407 e. The van der Waals surface area contributed by atoms with Gasteiger partial charge in [-0.3, -0.25) is 0 Å². The molecule has 0 bridgehead atoms. The lowest BCUT2D eigenvalue weighted by molar-refractivity contribution is -0.0906. The number of aliphatic hydroxyl groups excluding tert-OH is 1. The van der Waals surface area contributed by atoms with Gasteiger partial charge >= 0.3 is 6.09 Å². The SMILES string of the molecule is CC(C)CN(C[C@@H](O)[C@H](Cc1ccccc1)NC(=O)OC[C@H]1CO[C@H]2OCC[C@@H]12)S(=O)(=O)c1ccc(N)cc1. The molecule has 11 heteroatoms. The van der Waals surface area contributed by atoms with Crippen molar-refractivity contribution in [2.75, 3.05) is 38.6 Å². The van der Waals surface area contributed by atoms with E-state index in [1.54, 1.807) is 0 Å². The average Bonchev–Trinajstić information content (AvgIpc) is 3.52. The Balaban J connectivity index is 1.46. The second kappa shape index (κ2) is 13.1. The van der Waals surface area contributed by atoms with Crippen LogP contribution in [0.15, 0.2) is 59.5 Å². The number of carbonyl (C=O) groups is 1.